The quantitative estimate of drug-likeness (QED) is 0.171. The topological polar surface area (TPSA) is 133 Å². The molecule has 12 heteroatoms. The molecule has 328 valence electrons. The first-order valence-corrected chi connectivity index (χ1v) is 24.4. The first-order valence-electron chi connectivity index (χ1n) is 21.5. The van der Waals surface area contributed by atoms with E-state index in [2.05, 4.69) is 65.3 Å². The number of nitrogens with zero attached hydrogens (tertiary/aromatic N) is 1. The summed E-state index contributed by atoms with van der Waals surface area (Å²) in [6.07, 6.45) is 0.500. The summed E-state index contributed by atoms with van der Waals surface area (Å²) in [6, 6.07) is 16.7. The van der Waals surface area contributed by atoms with E-state index in [1.165, 1.54) is 0 Å². The summed E-state index contributed by atoms with van der Waals surface area (Å²) >= 11 is 0. The largest absolute Gasteiger partial charge is 0.444 e. The number of alkyl carbamates (subject to hydrolysis) is 1. The van der Waals surface area contributed by atoms with Gasteiger partial charge < -0.3 is 34.2 Å². The monoisotopic (exact) mass is 836 g/mol. The molecule has 4 atom stereocenters. The molecule has 11 nitrogen and oxygen atoms in total. The second-order valence-corrected chi connectivity index (χ2v) is 25.1. The van der Waals surface area contributed by atoms with E-state index in [1.807, 2.05) is 89.2 Å². The molecular weight excluding hydrogens is 763 g/mol. The number of ketones is 1. The molecule has 59 heavy (non-hydrogen) atoms. The summed E-state index contributed by atoms with van der Waals surface area (Å²) in [7, 11) is -2.52. The molecule has 0 aliphatic carbocycles. The number of piperidine rings is 1. The lowest BCUT2D eigenvalue weighted by Gasteiger charge is -2.42. The van der Waals surface area contributed by atoms with Crippen molar-refractivity contribution in [2.45, 2.75) is 156 Å². The highest BCUT2D eigenvalue weighted by Crippen LogP contribution is 2.46. The van der Waals surface area contributed by atoms with Crippen molar-refractivity contribution in [3.8, 4) is 0 Å². The van der Waals surface area contributed by atoms with Crippen molar-refractivity contribution in [2.24, 2.45) is 17.3 Å². The molecule has 2 aliphatic heterocycles. The zero-order valence-corrected chi connectivity index (χ0v) is 39.2. The Morgan fingerprint density at radius 1 is 0.814 bits per heavy atom. The number of amides is 3. The van der Waals surface area contributed by atoms with Crippen LogP contribution < -0.4 is 10.6 Å². The molecule has 0 aromatic heterocycles. The standard InChI is InChI=1S/C47H73N3O8Si/c1-32(2)40(42(53)50-25-23-37(51)24-26-50)49-41(52)35(29-34-19-21-36(22-20-34)47(44(3,4)5)55-27-28-56-47)31-39(58-59(12,13)46(9,10)11)38(30-33-17-15-14-16-18-33)48-43(54)57-45(6,7)8/h14-22,32,35,38-40H,23-31H2,1-13H3,(H,48,54)(H,49,52)/t35?,38?,39?,40-/m0/s1. The second kappa shape index (κ2) is 19.4. The lowest BCUT2D eigenvalue weighted by molar-refractivity contribution is -0.232. The average Bonchev–Trinajstić information content (AvgIpc) is 3.64. The maximum absolute atomic E-state index is 14.9. The number of carbonyl (C=O) groups is 4. The average molecular weight is 836 g/mol. The first-order chi connectivity index (χ1) is 27.3. The fourth-order valence-corrected chi connectivity index (χ4v) is 8.93. The molecule has 2 aliphatic rings. The highest BCUT2D eigenvalue weighted by Gasteiger charge is 2.49. The second-order valence-electron chi connectivity index (χ2n) is 20.4. The van der Waals surface area contributed by atoms with Crippen molar-refractivity contribution in [1.82, 2.24) is 15.5 Å². The van der Waals surface area contributed by atoms with Crippen LogP contribution in [-0.2, 0) is 51.6 Å². The highest BCUT2D eigenvalue weighted by molar-refractivity contribution is 6.74. The highest BCUT2D eigenvalue weighted by atomic mass is 28.4. The van der Waals surface area contributed by atoms with E-state index in [0.29, 0.717) is 52.0 Å². The van der Waals surface area contributed by atoms with Gasteiger partial charge in [-0.25, -0.2) is 4.79 Å². The van der Waals surface area contributed by atoms with Crippen molar-refractivity contribution in [3.05, 3.63) is 71.3 Å². The van der Waals surface area contributed by atoms with Crippen molar-refractivity contribution >= 4 is 32.0 Å². The van der Waals surface area contributed by atoms with Crippen molar-refractivity contribution < 1.29 is 37.8 Å². The third kappa shape index (κ3) is 13.0. The van der Waals surface area contributed by atoms with E-state index < -0.39 is 49.9 Å². The number of ether oxygens (including phenoxy) is 3. The van der Waals surface area contributed by atoms with Gasteiger partial charge >= 0.3 is 6.09 Å². The lowest BCUT2D eigenvalue weighted by Crippen LogP contribution is -2.56. The van der Waals surface area contributed by atoms with Crippen LogP contribution in [0.2, 0.25) is 18.1 Å². The molecule has 2 saturated heterocycles. The predicted molar refractivity (Wildman–Crippen MR) is 234 cm³/mol. The number of nitrogens with one attached hydrogen (secondary N) is 2. The van der Waals surface area contributed by atoms with Crippen molar-refractivity contribution in [1.29, 1.82) is 0 Å². The fourth-order valence-electron chi connectivity index (χ4n) is 7.56. The zero-order chi connectivity index (χ0) is 44.0. The molecule has 2 aromatic carbocycles. The number of benzene rings is 2. The van der Waals surface area contributed by atoms with Gasteiger partial charge in [0.2, 0.25) is 11.8 Å². The van der Waals surface area contributed by atoms with Crippen LogP contribution in [0.1, 0.15) is 112 Å². The van der Waals surface area contributed by atoms with Gasteiger partial charge in [-0.2, -0.15) is 0 Å². The minimum atomic E-state index is -2.52. The Hall–Kier alpha value is -3.58. The van der Waals surface area contributed by atoms with Gasteiger partial charge in [0.1, 0.15) is 17.4 Å². The molecule has 2 fully saturated rings. The van der Waals surface area contributed by atoms with Gasteiger partial charge in [0.25, 0.3) is 0 Å². The van der Waals surface area contributed by atoms with Gasteiger partial charge in [-0.15, -0.1) is 0 Å². The van der Waals surface area contributed by atoms with Gasteiger partial charge in [-0.05, 0) is 75.2 Å². The number of hydrogen-bond acceptors (Lipinski definition) is 8. The molecule has 2 heterocycles. The molecule has 0 bridgehead atoms. The Morgan fingerprint density at radius 2 is 1.37 bits per heavy atom. The summed E-state index contributed by atoms with van der Waals surface area (Å²) in [5, 5.41) is 6.17. The number of hydrogen-bond donors (Lipinski definition) is 2. The van der Waals surface area contributed by atoms with Gasteiger partial charge in [-0.1, -0.05) is 110 Å². The molecule has 0 saturated carbocycles. The van der Waals surface area contributed by atoms with E-state index in [4.69, 9.17) is 18.6 Å². The van der Waals surface area contributed by atoms with Gasteiger partial charge in [-0.3, -0.25) is 14.4 Å². The van der Waals surface area contributed by atoms with Crippen LogP contribution in [0.5, 0.6) is 0 Å². The smallest absolute Gasteiger partial charge is 0.407 e. The summed E-state index contributed by atoms with van der Waals surface area (Å²) in [4.78, 5) is 56.3. The molecule has 4 rings (SSSR count). The van der Waals surface area contributed by atoms with Gasteiger partial charge in [0, 0.05) is 42.8 Å². The predicted octanol–water partition coefficient (Wildman–Crippen LogP) is 8.34. The summed E-state index contributed by atoms with van der Waals surface area (Å²) in [5.74, 6) is -2.09. The van der Waals surface area contributed by atoms with Gasteiger partial charge in [0.05, 0.1) is 25.4 Å². The van der Waals surface area contributed by atoms with E-state index in [1.54, 1.807) is 4.90 Å². The maximum Gasteiger partial charge on any atom is 0.407 e. The first kappa shape index (κ1) is 48.1. The molecule has 3 amide bonds. The summed E-state index contributed by atoms with van der Waals surface area (Å²) in [6.45, 7) is 28.2. The minimum Gasteiger partial charge on any atom is -0.444 e. The Bertz CT molecular complexity index is 1710. The van der Waals surface area contributed by atoms with E-state index in [9.17, 15) is 19.2 Å². The minimum absolute atomic E-state index is 0.141. The van der Waals surface area contributed by atoms with Crippen LogP contribution in [-0.4, -0.2) is 87.0 Å². The fraction of sp³-hybridized carbons (Fsp3) is 0.660. The molecule has 0 spiro atoms. The van der Waals surface area contributed by atoms with Crippen LogP contribution >= 0.6 is 0 Å². The van der Waals surface area contributed by atoms with Gasteiger partial charge in [0.15, 0.2) is 14.1 Å². The number of carbonyl (C=O) groups excluding carboxylic acids is 4. The third-order valence-corrected chi connectivity index (χ3v) is 16.5. The molecule has 3 unspecified atom stereocenters. The third-order valence-electron chi connectivity index (χ3n) is 11.9. The normalized spacial score (nSPS) is 18.5. The Kier molecular flexibility index (Phi) is 15.8. The molecule has 2 aromatic rings. The number of likely N-dealkylation sites (tertiary alicyclic amines) is 1. The zero-order valence-electron chi connectivity index (χ0n) is 38.2. The Labute approximate surface area is 355 Å². The van der Waals surface area contributed by atoms with E-state index >= 15 is 0 Å². The van der Waals surface area contributed by atoms with Crippen LogP contribution in [0.25, 0.3) is 0 Å². The van der Waals surface area contributed by atoms with E-state index in [0.717, 1.165) is 16.7 Å². The number of Topliss-reactive ketones (excluding diaryl/α,β-unsaturated/α-hetero) is 1. The lowest BCUT2D eigenvalue weighted by atomic mass is 9.80. The van der Waals surface area contributed by atoms with Crippen molar-refractivity contribution in [3.63, 3.8) is 0 Å². The van der Waals surface area contributed by atoms with Crippen LogP contribution in [0.3, 0.4) is 0 Å². The van der Waals surface area contributed by atoms with Crippen molar-refractivity contribution in [2.75, 3.05) is 26.3 Å². The Balaban J connectivity index is 1.79. The SMILES string of the molecule is CC(C)[C@H](NC(=O)C(Cc1ccc(C2(C(C)(C)C)OCCO2)cc1)CC(O[Si](C)(C)C(C)(C)C)C(Cc1ccccc1)NC(=O)OC(C)(C)C)C(=O)N1CCC(=O)CC1. The van der Waals surface area contributed by atoms with Crippen LogP contribution in [0, 0.1) is 17.3 Å². The summed E-state index contributed by atoms with van der Waals surface area (Å²) < 4.78 is 25.6. The molecule has 0 radical (unpaired) electrons. The molecule has 2 N–H and O–H groups in total. The molecular formula is C47H73N3O8Si. The maximum atomic E-state index is 14.9. The summed E-state index contributed by atoms with van der Waals surface area (Å²) in [5.41, 5.74) is 1.76. The Morgan fingerprint density at radius 3 is 1.88 bits per heavy atom. The van der Waals surface area contributed by atoms with Crippen LogP contribution in [0.15, 0.2) is 54.6 Å². The number of rotatable bonds is 15. The van der Waals surface area contributed by atoms with E-state index in [-0.39, 0.29) is 40.4 Å². The van der Waals surface area contributed by atoms with Crippen LogP contribution in [0.4, 0.5) is 4.79 Å².